The number of anilines is 2. The van der Waals surface area contributed by atoms with Gasteiger partial charge >= 0.3 is 0 Å². The van der Waals surface area contributed by atoms with Crippen LogP contribution in [0.25, 0.3) is 0 Å². The molecule has 3 nitrogen and oxygen atoms in total. The van der Waals surface area contributed by atoms with E-state index in [1.54, 1.807) is 5.56 Å². The van der Waals surface area contributed by atoms with Gasteiger partial charge in [0.05, 0.1) is 0 Å². The van der Waals surface area contributed by atoms with Gasteiger partial charge < -0.3 is 10.2 Å². The number of amides is 1. The quantitative estimate of drug-likeness (QED) is 0.730. The van der Waals surface area contributed by atoms with Crippen LogP contribution < -0.4 is 10.2 Å². The summed E-state index contributed by atoms with van der Waals surface area (Å²) < 4.78 is 0. The summed E-state index contributed by atoms with van der Waals surface area (Å²) in [5.41, 5.74) is 5.39. The van der Waals surface area contributed by atoms with Crippen LogP contribution in [-0.4, -0.2) is 18.5 Å². The molecule has 1 N–H and O–H groups in total. The van der Waals surface area contributed by atoms with E-state index in [4.69, 9.17) is 0 Å². The minimum atomic E-state index is -0.235. The lowest BCUT2D eigenvalue weighted by Gasteiger charge is -2.57. The normalized spacial score (nSPS) is 32.2. The van der Waals surface area contributed by atoms with E-state index in [0.29, 0.717) is 5.41 Å². The van der Waals surface area contributed by atoms with Gasteiger partial charge in [-0.3, -0.25) is 4.79 Å². The molecule has 1 atom stereocenters. The van der Waals surface area contributed by atoms with Crippen molar-refractivity contribution in [1.29, 1.82) is 0 Å². The average molecular weight is 401 g/mol. The number of carbonyl (C=O) groups excluding carboxylic acids is 1. The Kier molecular flexibility index (Phi) is 4.23. The van der Waals surface area contributed by atoms with Gasteiger partial charge in [0, 0.05) is 17.9 Å². The highest BCUT2D eigenvalue weighted by atomic mass is 16.2. The largest absolute Gasteiger partial charge is 0.374 e. The number of benzene rings is 2. The Labute approximate surface area is 179 Å². The molecule has 4 fully saturated rings. The van der Waals surface area contributed by atoms with Crippen molar-refractivity contribution in [3.05, 3.63) is 59.7 Å². The number of nitrogens with one attached hydrogen (secondary N) is 1. The van der Waals surface area contributed by atoms with Crippen LogP contribution in [-0.2, 0) is 16.6 Å². The molecule has 3 heteroatoms. The monoisotopic (exact) mass is 400 g/mol. The Morgan fingerprint density at radius 3 is 2.27 bits per heavy atom. The van der Waals surface area contributed by atoms with Crippen LogP contribution in [0.15, 0.2) is 48.5 Å². The van der Waals surface area contributed by atoms with Crippen LogP contribution in [0.1, 0.15) is 56.6 Å². The summed E-state index contributed by atoms with van der Waals surface area (Å²) in [5, 5.41) is 3.46. The summed E-state index contributed by atoms with van der Waals surface area (Å²) in [5.74, 6) is 3.06. The van der Waals surface area contributed by atoms with Crippen LogP contribution in [0.5, 0.6) is 0 Å². The molecule has 0 spiro atoms. The highest BCUT2D eigenvalue weighted by Gasteiger charge is 2.51. The summed E-state index contributed by atoms with van der Waals surface area (Å²) in [7, 11) is 0. The van der Waals surface area contributed by atoms with Crippen molar-refractivity contribution in [2.75, 3.05) is 16.8 Å². The second-order valence-electron chi connectivity index (χ2n) is 10.5. The van der Waals surface area contributed by atoms with Crippen LogP contribution in [0, 0.1) is 17.8 Å². The van der Waals surface area contributed by atoms with Crippen molar-refractivity contribution in [3.63, 3.8) is 0 Å². The maximum atomic E-state index is 13.1. The molecule has 7 rings (SSSR count). The predicted molar refractivity (Wildman–Crippen MR) is 122 cm³/mol. The van der Waals surface area contributed by atoms with Crippen molar-refractivity contribution >= 4 is 17.3 Å². The van der Waals surface area contributed by atoms with Crippen LogP contribution in [0.3, 0.4) is 0 Å². The first-order valence-corrected chi connectivity index (χ1v) is 11.9. The molecule has 4 saturated carbocycles. The summed E-state index contributed by atoms with van der Waals surface area (Å²) in [6.07, 6.45) is 9.60. The van der Waals surface area contributed by atoms with Crippen molar-refractivity contribution in [2.24, 2.45) is 17.8 Å². The smallest absolute Gasteiger partial charge is 0.249 e. The molecule has 0 unspecified atom stereocenters. The van der Waals surface area contributed by atoms with Gasteiger partial charge in [-0.25, -0.2) is 0 Å². The second kappa shape index (κ2) is 6.87. The van der Waals surface area contributed by atoms with Gasteiger partial charge in [-0.15, -0.1) is 0 Å². The number of hydrogen-bond acceptors (Lipinski definition) is 2. The summed E-state index contributed by atoms with van der Waals surface area (Å²) in [6, 6.07) is 17.1. The Balaban J connectivity index is 1.16. The fourth-order valence-electron chi connectivity index (χ4n) is 7.50. The van der Waals surface area contributed by atoms with Crippen LogP contribution in [0.4, 0.5) is 11.4 Å². The highest BCUT2D eigenvalue weighted by Crippen LogP contribution is 2.60. The maximum Gasteiger partial charge on any atom is 0.249 e. The zero-order chi connectivity index (χ0) is 20.3. The minimum absolute atomic E-state index is 0.158. The molecule has 30 heavy (non-hydrogen) atoms. The number of para-hydroxylation sites is 1. The fourth-order valence-corrected chi connectivity index (χ4v) is 7.50. The molecule has 4 aliphatic carbocycles. The highest BCUT2D eigenvalue weighted by molar-refractivity contribution is 6.00. The van der Waals surface area contributed by atoms with Gasteiger partial charge in [0.25, 0.3) is 0 Å². The molecule has 1 amide bonds. The van der Waals surface area contributed by atoms with Crippen LogP contribution >= 0.6 is 0 Å². The van der Waals surface area contributed by atoms with Crippen molar-refractivity contribution in [2.45, 2.75) is 63.3 Å². The molecule has 2 aromatic rings. The van der Waals surface area contributed by atoms with Crippen molar-refractivity contribution in [1.82, 2.24) is 0 Å². The first-order valence-electron chi connectivity index (χ1n) is 11.9. The maximum absolute atomic E-state index is 13.1. The van der Waals surface area contributed by atoms with Gasteiger partial charge in [0.2, 0.25) is 5.91 Å². The molecular weight excluding hydrogens is 368 g/mol. The Morgan fingerprint density at radius 2 is 1.60 bits per heavy atom. The molecule has 1 aliphatic heterocycles. The predicted octanol–water partition coefficient (Wildman–Crippen LogP) is 5.54. The zero-order valence-electron chi connectivity index (χ0n) is 17.9. The molecular formula is C27H32N2O. The fraction of sp³-hybridized carbons (Fsp3) is 0.519. The standard InChI is InChI=1S/C27H32N2O/c1-18(26(30)29-11-10-22-4-2-3-5-25(22)29)28-24-8-6-23(7-9-24)27-15-19-12-20(16-27)14-21(13-19)17-27/h2-9,18-21,28H,10-17H2,1H3/t18-,19?,20?,21?,27?/m0/s1. The number of hydrogen-bond donors (Lipinski definition) is 1. The van der Waals surface area contributed by atoms with Gasteiger partial charge in [-0.2, -0.15) is 0 Å². The average Bonchev–Trinajstić information content (AvgIpc) is 3.17. The lowest BCUT2D eigenvalue weighted by Crippen LogP contribution is -2.48. The molecule has 0 radical (unpaired) electrons. The van der Waals surface area contributed by atoms with E-state index < -0.39 is 0 Å². The van der Waals surface area contributed by atoms with Gasteiger partial charge in [0.15, 0.2) is 0 Å². The number of nitrogens with zero attached hydrogens (tertiary/aromatic N) is 1. The third-order valence-corrected chi connectivity index (χ3v) is 8.44. The lowest BCUT2D eigenvalue weighted by atomic mass is 9.48. The third-order valence-electron chi connectivity index (χ3n) is 8.44. The molecule has 0 saturated heterocycles. The first-order chi connectivity index (χ1) is 14.6. The summed E-state index contributed by atoms with van der Waals surface area (Å²) in [4.78, 5) is 15.0. The second-order valence-corrected chi connectivity index (χ2v) is 10.5. The number of rotatable bonds is 4. The summed E-state index contributed by atoms with van der Waals surface area (Å²) in [6.45, 7) is 2.77. The van der Waals surface area contributed by atoms with Crippen LogP contribution in [0.2, 0.25) is 0 Å². The molecule has 0 aromatic heterocycles. The van der Waals surface area contributed by atoms with E-state index in [1.165, 1.54) is 44.1 Å². The van der Waals surface area contributed by atoms with E-state index in [1.807, 2.05) is 17.9 Å². The molecule has 156 valence electrons. The topological polar surface area (TPSA) is 32.3 Å². The lowest BCUT2D eigenvalue weighted by molar-refractivity contribution is -0.118. The van der Waals surface area contributed by atoms with Crippen molar-refractivity contribution in [3.8, 4) is 0 Å². The van der Waals surface area contributed by atoms with E-state index >= 15 is 0 Å². The van der Waals surface area contributed by atoms with E-state index in [-0.39, 0.29) is 11.9 Å². The minimum Gasteiger partial charge on any atom is -0.374 e. The molecule has 4 bridgehead atoms. The molecule has 1 heterocycles. The van der Waals surface area contributed by atoms with E-state index in [0.717, 1.165) is 42.1 Å². The van der Waals surface area contributed by atoms with Gasteiger partial charge in [-0.1, -0.05) is 30.3 Å². The SMILES string of the molecule is C[C@H](Nc1ccc(C23CC4CC(CC(C4)C2)C3)cc1)C(=O)N1CCc2ccccc21. The zero-order valence-corrected chi connectivity index (χ0v) is 17.9. The Hall–Kier alpha value is -2.29. The Morgan fingerprint density at radius 1 is 0.967 bits per heavy atom. The molecule has 2 aromatic carbocycles. The van der Waals surface area contributed by atoms with E-state index in [9.17, 15) is 4.79 Å². The molecule has 5 aliphatic rings. The Bertz CT molecular complexity index is 928. The van der Waals surface area contributed by atoms with Crippen molar-refractivity contribution < 1.29 is 4.79 Å². The van der Waals surface area contributed by atoms with Gasteiger partial charge in [-0.05, 0) is 104 Å². The first kappa shape index (κ1) is 18.5. The summed E-state index contributed by atoms with van der Waals surface area (Å²) >= 11 is 0. The number of fused-ring (bicyclic) bond motifs is 1. The van der Waals surface area contributed by atoms with E-state index in [2.05, 4.69) is 47.8 Å². The third kappa shape index (κ3) is 2.97. The van der Waals surface area contributed by atoms with Gasteiger partial charge in [0.1, 0.15) is 6.04 Å². The number of carbonyl (C=O) groups is 1.